The molecule has 0 aromatic rings. The summed E-state index contributed by atoms with van der Waals surface area (Å²) in [6.07, 6.45) is 0. The van der Waals surface area contributed by atoms with Crippen molar-refractivity contribution >= 4 is 42.0 Å². The third-order valence-electron chi connectivity index (χ3n) is 0.206. The quantitative estimate of drug-likeness (QED) is 0.609. The summed E-state index contributed by atoms with van der Waals surface area (Å²) in [5, 5.41) is 0. The summed E-state index contributed by atoms with van der Waals surface area (Å²) in [6, 6.07) is 0. The molecule has 0 saturated carbocycles. The number of hydrogen-bond donors (Lipinski definition) is 2. The fourth-order valence-corrected chi connectivity index (χ4v) is 3.70. The maximum atomic E-state index is 10.0. The van der Waals surface area contributed by atoms with E-state index in [-0.39, 0.29) is 7.91 Å². The molecule has 0 saturated heterocycles. The van der Waals surface area contributed by atoms with Gasteiger partial charge in [-0.1, -0.05) is 0 Å². The topological polar surface area (TPSA) is 86.2 Å². The Hall–Kier alpha value is 0.519. The number of hydrogen-bond acceptors (Lipinski definition) is 2. The molecular formula is C2H4N2O2Te2. The van der Waals surface area contributed by atoms with Crippen molar-refractivity contribution in [3.05, 3.63) is 0 Å². The molecule has 4 N–H and O–H groups in total. The predicted molar refractivity (Wildman–Crippen MR) is 30.7 cm³/mol. The number of amides is 2. The van der Waals surface area contributed by atoms with Gasteiger partial charge < -0.3 is 0 Å². The third-order valence-corrected chi connectivity index (χ3v) is 9.27. The van der Waals surface area contributed by atoms with E-state index in [9.17, 15) is 9.59 Å². The van der Waals surface area contributed by atoms with Gasteiger partial charge in [0, 0.05) is 0 Å². The molecule has 0 aliphatic rings. The van der Waals surface area contributed by atoms with Crippen LogP contribution in [-0.4, -0.2) is 42.0 Å². The first-order valence-corrected chi connectivity index (χ1v) is 11.2. The van der Waals surface area contributed by atoms with Gasteiger partial charge >= 0.3 is 63.1 Å². The number of rotatable bonds is 3. The molecule has 0 unspecified atom stereocenters. The van der Waals surface area contributed by atoms with Crippen molar-refractivity contribution in [1.29, 1.82) is 0 Å². The fraction of sp³-hybridized carbons (Fsp3) is 0. The Kier molecular flexibility index (Phi) is 4.69. The first-order valence-electron chi connectivity index (χ1n) is 1.56. The molecule has 4 nitrogen and oxygen atoms in total. The van der Waals surface area contributed by atoms with Crippen LogP contribution in [0.2, 0.25) is 0 Å². The van der Waals surface area contributed by atoms with Gasteiger partial charge in [-0.15, -0.1) is 0 Å². The monoisotopic (exact) mass is 348 g/mol. The van der Waals surface area contributed by atoms with E-state index in [0.29, 0.717) is 0 Å². The van der Waals surface area contributed by atoms with Gasteiger partial charge in [-0.3, -0.25) is 0 Å². The van der Waals surface area contributed by atoms with Crippen LogP contribution < -0.4 is 11.5 Å². The van der Waals surface area contributed by atoms with Crippen molar-refractivity contribution in [2.75, 3.05) is 0 Å². The van der Waals surface area contributed by atoms with Crippen LogP contribution in [0.5, 0.6) is 0 Å². The SMILES string of the molecule is NC(=O)[Te][Te]C(N)=O. The summed E-state index contributed by atoms with van der Waals surface area (Å²) in [6.45, 7) is 0. The van der Waals surface area contributed by atoms with Crippen molar-refractivity contribution < 1.29 is 9.59 Å². The Morgan fingerprint density at radius 1 is 1.00 bits per heavy atom. The minimum atomic E-state index is -0.837. The van der Waals surface area contributed by atoms with E-state index in [0.717, 1.165) is 0 Å². The predicted octanol–water partition coefficient (Wildman–Crippen LogP) is -1.53. The second-order valence-electron chi connectivity index (χ2n) is 0.805. The van der Waals surface area contributed by atoms with Crippen LogP contribution in [0.25, 0.3) is 0 Å². The Labute approximate surface area is 62.7 Å². The standard InChI is InChI=1S/C2H4N2O2Te2/c3-1(5)7-8-2(4)6/h(H2,3,5)(H2,4,6). The minimum absolute atomic E-state index is 0.309. The van der Waals surface area contributed by atoms with Crippen molar-refractivity contribution in [2.45, 2.75) is 0 Å². The van der Waals surface area contributed by atoms with Crippen molar-refractivity contribution in [3.8, 4) is 0 Å². The van der Waals surface area contributed by atoms with Crippen LogP contribution >= 0.6 is 0 Å². The third kappa shape index (κ3) is 6.52. The number of nitrogens with two attached hydrogens (primary N) is 2. The summed E-state index contributed by atoms with van der Waals surface area (Å²) in [4.78, 5) is 20.0. The molecule has 0 aliphatic carbocycles. The molecular weight excluding hydrogens is 339 g/mol. The van der Waals surface area contributed by atoms with E-state index in [1.807, 2.05) is 0 Å². The molecule has 0 spiro atoms. The van der Waals surface area contributed by atoms with Crippen LogP contribution in [0.3, 0.4) is 0 Å². The van der Waals surface area contributed by atoms with E-state index in [4.69, 9.17) is 11.5 Å². The Morgan fingerprint density at radius 2 is 1.25 bits per heavy atom. The second kappa shape index (κ2) is 4.40. The van der Waals surface area contributed by atoms with Gasteiger partial charge in [-0.25, -0.2) is 0 Å². The summed E-state index contributed by atoms with van der Waals surface area (Å²) in [7, 11) is 0. The Morgan fingerprint density at radius 3 is 1.38 bits per heavy atom. The molecule has 8 heavy (non-hydrogen) atoms. The summed E-state index contributed by atoms with van der Waals surface area (Å²) in [5.74, 6) is 0. The molecule has 6 heteroatoms. The molecule has 0 bridgehead atoms. The maximum absolute atomic E-state index is 10.0. The molecule has 0 fully saturated rings. The van der Waals surface area contributed by atoms with E-state index < -0.39 is 34.1 Å². The van der Waals surface area contributed by atoms with Crippen molar-refractivity contribution in [2.24, 2.45) is 11.5 Å². The average Bonchev–Trinajstić information content (AvgIpc) is 1.61. The van der Waals surface area contributed by atoms with Gasteiger partial charge in [0.05, 0.1) is 0 Å². The molecule has 0 atom stereocenters. The fourth-order valence-electron chi connectivity index (χ4n) is 0.0821. The van der Waals surface area contributed by atoms with Crippen LogP contribution in [0, 0.1) is 0 Å². The summed E-state index contributed by atoms with van der Waals surface area (Å²) in [5.41, 5.74) is 9.57. The zero-order valence-corrected chi connectivity index (χ0v) is 8.45. The molecule has 46 valence electrons. The number of carbonyl (C=O) groups excluding carboxylic acids is 2. The Bertz CT molecular complexity index is 101. The van der Waals surface area contributed by atoms with E-state index in [1.54, 1.807) is 0 Å². The van der Waals surface area contributed by atoms with Crippen LogP contribution in [0.4, 0.5) is 9.59 Å². The van der Waals surface area contributed by atoms with Gasteiger partial charge in [0.15, 0.2) is 0 Å². The molecule has 0 radical (unpaired) electrons. The van der Waals surface area contributed by atoms with Gasteiger partial charge in [-0.2, -0.15) is 0 Å². The molecule has 0 rings (SSSR count). The number of primary amides is 2. The van der Waals surface area contributed by atoms with Crippen molar-refractivity contribution in [1.82, 2.24) is 0 Å². The first-order chi connectivity index (χ1) is 3.63. The van der Waals surface area contributed by atoms with Crippen LogP contribution in [0.1, 0.15) is 0 Å². The van der Waals surface area contributed by atoms with E-state index in [2.05, 4.69) is 0 Å². The first kappa shape index (κ1) is 8.52. The van der Waals surface area contributed by atoms with E-state index >= 15 is 0 Å². The second-order valence-corrected chi connectivity index (χ2v) is 10.4. The van der Waals surface area contributed by atoms with Gasteiger partial charge in [-0.05, 0) is 0 Å². The van der Waals surface area contributed by atoms with Crippen LogP contribution in [0.15, 0.2) is 0 Å². The summed E-state index contributed by atoms with van der Waals surface area (Å²) < 4.78 is -0.617. The molecule has 0 aromatic heterocycles. The summed E-state index contributed by atoms with van der Waals surface area (Å²) >= 11 is -1.67. The molecule has 2 amide bonds. The Balaban J connectivity index is 3.18. The van der Waals surface area contributed by atoms with Crippen LogP contribution in [-0.2, 0) is 0 Å². The molecule has 0 aliphatic heterocycles. The normalized spacial score (nSPS) is 8.50. The molecule has 0 aromatic carbocycles. The van der Waals surface area contributed by atoms with Gasteiger partial charge in [0.2, 0.25) is 0 Å². The van der Waals surface area contributed by atoms with Gasteiger partial charge in [0.25, 0.3) is 0 Å². The molecule has 0 heterocycles. The average molecular weight is 343 g/mol. The van der Waals surface area contributed by atoms with Gasteiger partial charge in [0.1, 0.15) is 0 Å². The zero-order chi connectivity index (χ0) is 6.57. The van der Waals surface area contributed by atoms with Crippen molar-refractivity contribution in [3.63, 3.8) is 0 Å². The van der Waals surface area contributed by atoms with E-state index in [1.165, 1.54) is 0 Å². The number of carbonyl (C=O) groups is 2. The zero-order valence-electron chi connectivity index (χ0n) is 3.79.